The number of aromatic amines is 1. The van der Waals surface area contributed by atoms with E-state index in [1.54, 1.807) is 11.8 Å². The van der Waals surface area contributed by atoms with Gasteiger partial charge in [0.25, 0.3) is 0 Å². The monoisotopic (exact) mass is 307 g/mol. The molecule has 0 saturated heterocycles. The number of H-pyrrole nitrogens is 1. The van der Waals surface area contributed by atoms with Gasteiger partial charge in [0.1, 0.15) is 16.4 Å². The molecule has 0 aliphatic carbocycles. The van der Waals surface area contributed by atoms with Crippen LogP contribution in [0.5, 0.6) is 5.75 Å². The van der Waals surface area contributed by atoms with Crippen LogP contribution in [0.25, 0.3) is 11.0 Å². The Balaban J connectivity index is 1.77. The molecule has 8 heteroatoms. The SMILES string of the molecule is CCOc1ccc2nc(SCc3nnsc3N)[nH]c2c1. The summed E-state index contributed by atoms with van der Waals surface area (Å²) >= 11 is 2.76. The van der Waals surface area contributed by atoms with Gasteiger partial charge in [-0.2, -0.15) is 0 Å². The third kappa shape index (κ3) is 2.70. The molecule has 0 spiro atoms. The minimum atomic E-state index is 0.650. The largest absolute Gasteiger partial charge is 0.494 e. The molecule has 0 radical (unpaired) electrons. The topological polar surface area (TPSA) is 89.7 Å². The molecule has 2 heterocycles. The molecule has 3 N–H and O–H groups in total. The lowest BCUT2D eigenvalue weighted by molar-refractivity contribution is 0.340. The smallest absolute Gasteiger partial charge is 0.166 e. The highest BCUT2D eigenvalue weighted by molar-refractivity contribution is 7.98. The zero-order chi connectivity index (χ0) is 13.9. The Bertz CT molecular complexity index is 724. The first kappa shape index (κ1) is 13.2. The van der Waals surface area contributed by atoms with Gasteiger partial charge in [-0.05, 0) is 19.1 Å². The van der Waals surface area contributed by atoms with Gasteiger partial charge in [0.05, 0.1) is 17.6 Å². The number of hydrogen-bond acceptors (Lipinski definition) is 7. The highest BCUT2D eigenvalue weighted by atomic mass is 32.2. The molecule has 0 fully saturated rings. The summed E-state index contributed by atoms with van der Waals surface area (Å²) in [6.07, 6.45) is 0. The van der Waals surface area contributed by atoms with Gasteiger partial charge in [0.15, 0.2) is 5.16 Å². The zero-order valence-corrected chi connectivity index (χ0v) is 12.4. The second-order valence-corrected chi connectivity index (χ2v) is 5.78. The quantitative estimate of drug-likeness (QED) is 0.704. The van der Waals surface area contributed by atoms with E-state index >= 15 is 0 Å². The number of nitrogens with zero attached hydrogens (tertiary/aromatic N) is 3. The van der Waals surface area contributed by atoms with Crippen LogP contribution in [0.15, 0.2) is 23.4 Å². The number of nitrogens with one attached hydrogen (secondary N) is 1. The van der Waals surface area contributed by atoms with E-state index in [-0.39, 0.29) is 0 Å². The van der Waals surface area contributed by atoms with Crippen LogP contribution in [0.4, 0.5) is 5.00 Å². The van der Waals surface area contributed by atoms with Crippen molar-refractivity contribution < 1.29 is 4.74 Å². The molecule has 0 aliphatic heterocycles. The average molecular weight is 307 g/mol. The molecule has 0 aliphatic rings. The standard InChI is InChI=1S/C12H13N5OS2/c1-2-18-7-3-4-8-9(5-7)15-12(14-8)19-6-10-11(13)20-17-16-10/h3-5H,2,6,13H2,1H3,(H,14,15). The van der Waals surface area contributed by atoms with Crippen molar-refractivity contribution >= 4 is 39.3 Å². The van der Waals surface area contributed by atoms with Crippen LogP contribution in [0, 0.1) is 0 Å². The molecule has 2 aromatic heterocycles. The number of aromatic nitrogens is 4. The Morgan fingerprint density at radius 1 is 1.45 bits per heavy atom. The van der Waals surface area contributed by atoms with Crippen LogP contribution in [0.1, 0.15) is 12.6 Å². The predicted molar refractivity (Wildman–Crippen MR) is 81.1 cm³/mol. The lowest BCUT2D eigenvalue weighted by Gasteiger charge is -2.00. The number of anilines is 1. The van der Waals surface area contributed by atoms with E-state index in [2.05, 4.69) is 19.6 Å². The highest BCUT2D eigenvalue weighted by Gasteiger charge is 2.08. The van der Waals surface area contributed by atoms with Crippen molar-refractivity contribution in [3.63, 3.8) is 0 Å². The summed E-state index contributed by atoms with van der Waals surface area (Å²) < 4.78 is 9.28. The summed E-state index contributed by atoms with van der Waals surface area (Å²) in [5, 5.41) is 5.48. The first-order chi connectivity index (χ1) is 9.76. The van der Waals surface area contributed by atoms with Crippen LogP contribution < -0.4 is 10.5 Å². The highest BCUT2D eigenvalue weighted by Crippen LogP contribution is 2.27. The maximum atomic E-state index is 5.77. The van der Waals surface area contributed by atoms with Gasteiger partial charge in [0, 0.05) is 23.4 Å². The van der Waals surface area contributed by atoms with Gasteiger partial charge in [-0.25, -0.2) is 4.98 Å². The second kappa shape index (κ2) is 5.68. The molecule has 6 nitrogen and oxygen atoms in total. The molecular weight excluding hydrogens is 294 g/mol. The molecule has 0 amide bonds. The molecule has 0 atom stereocenters. The summed E-state index contributed by atoms with van der Waals surface area (Å²) in [6, 6.07) is 5.82. The van der Waals surface area contributed by atoms with E-state index in [0.717, 1.165) is 27.6 Å². The van der Waals surface area contributed by atoms with Crippen molar-refractivity contribution in [1.29, 1.82) is 0 Å². The van der Waals surface area contributed by atoms with E-state index in [1.165, 1.54) is 11.5 Å². The fourth-order valence-electron chi connectivity index (χ4n) is 1.74. The number of nitrogen functional groups attached to an aromatic ring is 1. The van der Waals surface area contributed by atoms with Crippen molar-refractivity contribution in [2.75, 3.05) is 12.3 Å². The minimum Gasteiger partial charge on any atom is -0.494 e. The molecular formula is C12H13N5OS2. The number of ether oxygens (including phenoxy) is 1. The minimum absolute atomic E-state index is 0.650. The zero-order valence-electron chi connectivity index (χ0n) is 10.8. The number of nitrogens with two attached hydrogens (primary N) is 1. The van der Waals surface area contributed by atoms with E-state index in [4.69, 9.17) is 10.5 Å². The van der Waals surface area contributed by atoms with Gasteiger partial charge >= 0.3 is 0 Å². The summed E-state index contributed by atoms with van der Waals surface area (Å²) in [5.74, 6) is 1.49. The predicted octanol–water partition coefficient (Wildman–Crippen LogP) is 2.69. The van der Waals surface area contributed by atoms with E-state index in [1.807, 2.05) is 25.1 Å². The van der Waals surface area contributed by atoms with E-state index in [0.29, 0.717) is 17.4 Å². The van der Waals surface area contributed by atoms with Crippen LogP contribution >= 0.6 is 23.3 Å². The Labute approximate surface area is 123 Å². The van der Waals surface area contributed by atoms with Crippen LogP contribution in [0.3, 0.4) is 0 Å². The van der Waals surface area contributed by atoms with E-state index in [9.17, 15) is 0 Å². The Kier molecular flexibility index (Phi) is 3.75. The molecule has 3 rings (SSSR count). The van der Waals surface area contributed by atoms with Gasteiger partial charge in [-0.3, -0.25) is 0 Å². The Morgan fingerprint density at radius 2 is 2.35 bits per heavy atom. The molecule has 0 bridgehead atoms. The number of thioether (sulfide) groups is 1. The average Bonchev–Trinajstić information content (AvgIpc) is 3.02. The number of rotatable bonds is 5. The number of fused-ring (bicyclic) bond motifs is 1. The van der Waals surface area contributed by atoms with Crippen molar-refractivity contribution in [3.05, 3.63) is 23.9 Å². The van der Waals surface area contributed by atoms with Gasteiger partial charge in [-0.1, -0.05) is 16.3 Å². The van der Waals surface area contributed by atoms with Crippen molar-refractivity contribution in [2.24, 2.45) is 0 Å². The summed E-state index contributed by atoms with van der Waals surface area (Å²) in [5.41, 5.74) is 8.45. The third-order valence-electron chi connectivity index (χ3n) is 2.67. The van der Waals surface area contributed by atoms with Gasteiger partial charge < -0.3 is 15.5 Å². The second-order valence-electron chi connectivity index (χ2n) is 4.03. The first-order valence-electron chi connectivity index (χ1n) is 6.08. The normalized spacial score (nSPS) is 11.1. The number of imidazole rings is 1. The molecule has 3 aromatic rings. The fraction of sp³-hybridized carbons (Fsp3) is 0.250. The van der Waals surface area contributed by atoms with Crippen LogP contribution in [-0.4, -0.2) is 26.2 Å². The third-order valence-corrected chi connectivity index (χ3v) is 4.15. The lowest BCUT2D eigenvalue weighted by Crippen LogP contribution is -1.90. The molecule has 104 valence electrons. The lowest BCUT2D eigenvalue weighted by atomic mass is 10.3. The number of hydrogen-bond donors (Lipinski definition) is 2. The molecule has 0 saturated carbocycles. The van der Waals surface area contributed by atoms with Crippen LogP contribution in [-0.2, 0) is 5.75 Å². The van der Waals surface area contributed by atoms with Crippen molar-refractivity contribution in [1.82, 2.24) is 19.6 Å². The molecule has 20 heavy (non-hydrogen) atoms. The van der Waals surface area contributed by atoms with E-state index < -0.39 is 0 Å². The van der Waals surface area contributed by atoms with Crippen LogP contribution in [0.2, 0.25) is 0 Å². The summed E-state index contributed by atoms with van der Waals surface area (Å²) in [4.78, 5) is 7.77. The Hall–Kier alpha value is -1.80. The van der Waals surface area contributed by atoms with Crippen molar-refractivity contribution in [2.45, 2.75) is 17.8 Å². The maximum absolute atomic E-state index is 5.77. The summed E-state index contributed by atoms with van der Waals surface area (Å²) in [6.45, 7) is 2.61. The van der Waals surface area contributed by atoms with Crippen molar-refractivity contribution in [3.8, 4) is 5.75 Å². The Morgan fingerprint density at radius 3 is 3.10 bits per heavy atom. The fourth-order valence-corrected chi connectivity index (χ4v) is 3.11. The van der Waals surface area contributed by atoms with Gasteiger partial charge in [-0.15, -0.1) is 5.10 Å². The maximum Gasteiger partial charge on any atom is 0.166 e. The van der Waals surface area contributed by atoms with Gasteiger partial charge in [0.2, 0.25) is 0 Å². The molecule has 0 unspecified atom stereocenters. The first-order valence-corrected chi connectivity index (χ1v) is 7.84. The summed E-state index contributed by atoms with van der Waals surface area (Å²) in [7, 11) is 0. The number of benzene rings is 1. The molecule has 1 aromatic carbocycles.